The minimum atomic E-state index is -1.23. The van der Waals surface area contributed by atoms with Gasteiger partial charge in [-0.2, -0.15) is 0 Å². The third kappa shape index (κ3) is 3.53. The van der Waals surface area contributed by atoms with Crippen molar-refractivity contribution < 1.29 is 5.11 Å². The Morgan fingerprint density at radius 2 is 2.00 bits per heavy atom. The van der Waals surface area contributed by atoms with Crippen LogP contribution in [0.25, 0.3) is 0 Å². The summed E-state index contributed by atoms with van der Waals surface area (Å²) in [6.07, 6.45) is 1.75. The molecule has 1 nitrogen and oxygen atoms in total. The van der Waals surface area contributed by atoms with Gasteiger partial charge in [-0.05, 0) is 8.78 Å². The van der Waals surface area contributed by atoms with Gasteiger partial charge in [-0.1, -0.05) is 54.9 Å². The van der Waals surface area contributed by atoms with Gasteiger partial charge < -0.3 is 5.11 Å². The molecule has 0 amide bonds. The van der Waals surface area contributed by atoms with Crippen molar-refractivity contribution in [3.8, 4) is 0 Å². The fourth-order valence-corrected chi connectivity index (χ4v) is 2.24. The summed E-state index contributed by atoms with van der Waals surface area (Å²) in [6, 6.07) is 0. The molecule has 3 heteroatoms. The van der Waals surface area contributed by atoms with Crippen LogP contribution in [0.3, 0.4) is 0 Å². The molecular weight excluding hydrogens is 267 g/mol. The summed E-state index contributed by atoms with van der Waals surface area (Å²) in [5.74, 6) is 0. The lowest BCUT2D eigenvalue weighted by Gasteiger charge is -2.17. The van der Waals surface area contributed by atoms with Crippen molar-refractivity contribution in [2.45, 2.75) is 19.6 Å². The zero-order chi connectivity index (χ0) is 9.07. The number of rotatable bonds is 3. The van der Waals surface area contributed by atoms with Gasteiger partial charge in [-0.25, -0.2) is 0 Å². The SMILES string of the molecule is C=C/C(CO)=C(/I)[Si](C)(C)C. The number of halogens is 1. The lowest BCUT2D eigenvalue weighted by molar-refractivity contribution is 0.335. The second-order valence-corrected chi connectivity index (χ2v) is 10.5. The van der Waals surface area contributed by atoms with E-state index in [1.165, 1.54) is 3.20 Å². The highest BCUT2D eigenvalue weighted by atomic mass is 127. The van der Waals surface area contributed by atoms with Gasteiger partial charge >= 0.3 is 0 Å². The van der Waals surface area contributed by atoms with Gasteiger partial charge in [0.1, 0.15) is 0 Å². The summed E-state index contributed by atoms with van der Waals surface area (Å²) in [6.45, 7) is 10.6. The number of hydrogen-bond donors (Lipinski definition) is 1. The summed E-state index contributed by atoms with van der Waals surface area (Å²) in [5.41, 5.74) is 0.991. The van der Waals surface area contributed by atoms with Crippen LogP contribution in [0.5, 0.6) is 0 Å². The summed E-state index contributed by atoms with van der Waals surface area (Å²) >= 11 is 2.32. The molecule has 11 heavy (non-hydrogen) atoms. The average molecular weight is 282 g/mol. The maximum atomic E-state index is 8.95. The minimum Gasteiger partial charge on any atom is -0.392 e. The third-order valence-electron chi connectivity index (χ3n) is 1.36. The molecule has 0 radical (unpaired) electrons. The fraction of sp³-hybridized carbons (Fsp3) is 0.500. The molecule has 0 aliphatic rings. The van der Waals surface area contributed by atoms with Gasteiger partial charge in [0.2, 0.25) is 0 Å². The Kier molecular flexibility index (Phi) is 4.58. The minimum absolute atomic E-state index is 0.117. The van der Waals surface area contributed by atoms with E-state index in [9.17, 15) is 0 Å². The van der Waals surface area contributed by atoms with Crippen LogP contribution in [0.15, 0.2) is 21.4 Å². The first kappa shape index (κ1) is 11.4. The Balaban J connectivity index is 4.76. The molecule has 0 fully saturated rings. The van der Waals surface area contributed by atoms with Crippen molar-refractivity contribution in [1.82, 2.24) is 0 Å². The molecule has 0 bridgehead atoms. The standard InChI is InChI=1S/C8H15IOSi/c1-5-7(6-10)8(9)11(2,3)4/h5,10H,1,6H2,2-4H3/b8-7+. The van der Waals surface area contributed by atoms with Crippen LogP contribution in [-0.4, -0.2) is 19.8 Å². The topological polar surface area (TPSA) is 20.2 Å². The Morgan fingerprint density at radius 3 is 2.09 bits per heavy atom. The molecule has 0 spiro atoms. The average Bonchev–Trinajstić information content (AvgIpc) is 1.88. The summed E-state index contributed by atoms with van der Waals surface area (Å²) < 4.78 is 1.31. The van der Waals surface area contributed by atoms with Crippen molar-refractivity contribution in [2.24, 2.45) is 0 Å². The lowest BCUT2D eigenvalue weighted by atomic mass is 10.3. The predicted octanol–water partition coefficient (Wildman–Crippen LogP) is 2.73. The number of aliphatic hydroxyl groups is 1. The van der Waals surface area contributed by atoms with Gasteiger partial charge in [0.05, 0.1) is 14.7 Å². The molecule has 0 saturated heterocycles. The highest BCUT2D eigenvalue weighted by molar-refractivity contribution is 14.1. The first-order valence-electron chi connectivity index (χ1n) is 3.56. The van der Waals surface area contributed by atoms with E-state index in [0.717, 1.165) is 5.57 Å². The van der Waals surface area contributed by atoms with Gasteiger partial charge in [0.25, 0.3) is 0 Å². The highest BCUT2D eigenvalue weighted by Gasteiger charge is 2.19. The molecule has 0 aromatic carbocycles. The van der Waals surface area contributed by atoms with E-state index in [2.05, 4.69) is 48.8 Å². The van der Waals surface area contributed by atoms with Crippen LogP contribution in [0.2, 0.25) is 19.6 Å². The first-order chi connectivity index (χ1) is 4.93. The maximum Gasteiger partial charge on any atom is 0.0859 e. The quantitative estimate of drug-likeness (QED) is 0.479. The largest absolute Gasteiger partial charge is 0.392 e. The Labute approximate surface area is 83.4 Å². The predicted molar refractivity (Wildman–Crippen MR) is 61.7 cm³/mol. The molecule has 0 aromatic heterocycles. The zero-order valence-corrected chi connectivity index (χ0v) is 10.5. The lowest BCUT2D eigenvalue weighted by Crippen LogP contribution is -2.22. The Morgan fingerprint density at radius 1 is 1.55 bits per heavy atom. The normalized spacial score (nSPS) is 14.3. The van der Waals surface area contributed by atoms with E-state index in [1.54, 1.807) is 6.08 Å². The van der Waals surface area contributed by atoms with Crippen molar-refractivity contribution in [1.29, 1.82) is 0 Å². The van der Waals surface area contributed by atoms with E-state index >= 15 is 0 Å². The molecule has 0 aliphatic heterocycles. The number of aliphatic hydroxyl groups excluding tert-OH is 1. The monoisotopic (exact) mass is 282 g/mol. The van der Waals surface area contributed by atoms with Crippen LogP contribution >= 0.6 is 22.6 Å². The van der Waals surface area contributed by atoms with Crippen LogP contribution in [0, 0.1) is 0 Å². The molecule has 1 N–H and O–H groups in total. The molecule has 0 aromatic rings. The van der Waals surface area contributed by atoms with Crippen molar-refractivity contribution in [3.63, 3.8) is 0 Å². The second-order valence-electron chi connectivity index (χ2n) is 3.45. The zero-order valence-electron chi connectivity index (χ0n) is 7.32. The Hall–Kier alpha value is 0.387. The first-order valence-corrected chi connectivity index (χ1v) is 8.13. The maximum absolute atomic E-state index is 8.95. The van der Waals surface area contributed by atoms with Crippen molar-refractivity contribution in [2.75, 3.05) is 6.61 Å². The van der Waals surface area contributed by atoms with Gasteiger partial charge in [0, 0.05) is 0 Å². The van der Waals surface area contributed by atoms with E-state index in [4.69, 9.17) is 5.11 Å². The smallest absolute Gasteiger partial charge is 0.0859 e. The molecule has 0 atom stereocenters. The summed E-state index contributed by atoms with van der Waals surface area (Å²) in [4.78, 5) is 0. The molecule has 0 heterocycles. The molecule has 0 rings (SSSR count). The van der Waals surface area contributed by atoms with E-state index in [-0.39, 0.29) is 6.61 Å². The van der Waals surface area contributed by atoms with Crippen LogP contribution in [0.1, 0.15) is 0 Å². The van der Waals surface area contributed by atoms with Gasteiger partial charge in [0.15, 0.2) is 0 Å². The highest BCUT2D eigenvalue weighted by Crippen LogP contribution is 2.25. The molecule has 0 unspecified atom stereocenters. The third-order valence-corrected chi connectivity index (χ3v) is 8.54. The van der Waals surface area contributed by atoms with Crippen molar-refractivity contribution >= 4 is 30.7 Å². The summed E-state index contributed by atoms with van der Waals surface area (Å²) in [5, 5.41) is 8.95. The van der Waals surface area contributed by atoms with Crippen molar-refractivity contribution in [3.05, 3.63) is 21.4 Å². The van der Waals surface area contributed by atoms with Gasteiger partial charge in [-0.3, -0.25) is 0 Å². The van der Waals surface area contributed by atoms with Gasteiger partial charge in [-0.15, -0.1) is 0 Å². The van der Waals surface area contributed by atoms with Crippen LogP contribution < -0.4 is 0 Å². The molecule has 0 saturated carbocycles. The van der Waals surface area contributed by atoms with Crippen LogP contribution in [-0.2, 0) is 0 Å². The van der Waals surface area contributed by atoms with E-state index in [0.29, 0.717) is 0 Å². The van der Waals surface area contributed by atoms with E-state index < -0.39 is 8.07 Å². The Bertz CT molecular complexity index is 179. The van der Waals surface area contributed by atoms with E-state index in [1.807, 2.05) is 0 Å². The molecule has 64 valence electrons. The number of hydrogen-bond acceptors (Lipinski definition) is 1. The van der Waals surface area contributed by atoms with Crippen LogP contribution in [0.4, 0.5) is 0 Å². The second kappa shape index (κ2) is 4.42. The fourth-order valence-electron chi connectivity index (χ4n) is 0.705. The summed E-state index contributed by atoms with van der Waals surface area (Å²) in [7, 11) is -1.23. The molecular formula is C8H15IOSi. The molecule has 0 aliphatic carbocycles.